The zero-order valence-electron chi connectivity index (χ0n) is 16.5. The standard InChI is InChI=1S/C19H16ClF3N6O3/c1-27(8-12-6-14(29(31)32)3-4-15(12)20)9-18(30)26-16-7-13(19(21,22)23)2-5-17(16)28-11-24-10-25-28/h2-7,10-11H,8-9H2,1H3,(H,26,30). The Morgan fingerprint density at radius 2 is 2.03 bits per heavy atom. The van der Waals surface area contributed by atoms with Gasteiger partial charge in [0, 0.05) is 23.7 Å². The van der Waals surface area contributed by atoms with Gasteiger partial charge >= 0.3 is 6.18 Å². The third-order valence-electron chi connectivity index (χ3n) is 4.36. The highest BCUT2D eigenvalue weighted by atomic mass is 35.5. The number of halogens is 4. The van der Waals surface area contributed by atoms with Crippen molar-refractivity contribution in [3.63, 3.8) is 0 Å². The molecule has 9 nitrogen and oxygen atoms in total. The van der Waals surface area contributed by atoms with Crippen LogP contribution in [-0.4, -0.2) is 44.1 Å². The topological polar surface area (TPSA) is 106 Å². The molecular weight excluding hydrogens is 453 g/mol. The van der Waals surface area contributed by atoms with Crippen molar-refractivity contribution in [1.82, 2.24) is 19.7 Å². The van der Waals surface area contributed by atoms with E-state index < -0.39 is 22.6 Å². The molecule has 1 amide bonds. The van der Waals surface area contributed by atoms with E-state index in [1.54, 1.807) is 7.05 Å². The molecule has 32 heavy (non-hydrogen) atoms. The number of nitro groups is 1. The Kier molecular flexibility index (Phi) is 6.75. The summed E-state index contributed by atoms with van der Waals surface area (Å²) in [7, 11) is 1.57. The second-order valence-corrected chi connectivity index (χ2v) is 7.23. The number of nitrogens with zero attached hydrogens (tertiary/aromatic N) is 5. The van der Waals surface area contributed by atoms with Gasteiger partial charge in [0.25, 0.3) is 5.69 Å². The minimum Gasteiger partial charge on any atom is -0.323 e. The Morgan fingerprint density at radius 3 is 2.66 bits per heavy atom. The largest absolute Gasteiger partial charge is 0.416 e. The number of amides is 1. The van der Waals surface area contributed by atoms with Crippen molar-refractivity contribution in [3.8, 4) is 5.69 Å². The Hall–Kier alpha value is -3.51. The van der Waals surface area contributed by atoms with Gasteiger partial charge in [-0.3, -0.25) is 19.8 Å². The number of aromatic nitrogens is 3. The highest BCUT2D eigenvalue weighted by molar-refractivity contribution is 6.31. The normalized spacial score (nSPS) is 11.6. The first-order valence-corrected chi connectivity index (χ1v) is 9.40. The highest BCUT2D eigenvalue weighted by Crippen LogP contribution is 2.33. The average molecular weight is 469 g/mol. The van der Waals surface area contributed by atoms with Gasteiger partial charge in [-0.05, 0) is 36.9 Å². The van der Waals surface area contributed by atoms with Crippen LogP contribution in [-0.2, 0) is 17.5 Å². The average Bonchev–Trinajstić information content (AvgIpc) is 3.23. The Balaban J connectivity index is 1.77. The van der Waals surface area contributed by atoms with E-state index in [0.29, 0.717) is 5.56 Å². The summed E-state index contributed by atoms with van der Waals surface area (Å²) in [6, 6.07) is 6.81. The van der Waals surface area contributed by atoms with Gasteiger partial charge in [0.15, 0.2) is 0 Å². The molecule has 0 fully saturated rings. The fourth-order valence-corrected chi connectivity index (χ4v) is 3.10. The molecule has 2 aromatic carbocycles. The lowest BCUT2D eigenvalue weighted by molar-refractivity contribution is -0.384. The van der Waals surface area contributed by atoms with Gasteiger partial charge < -0.3 is 5.32 Å². The van der Waals surface area contributed by atoms with Crippen LogP contribution in [0.1, 0.15) is 11.1 Å². The van der Waals surface area contributed by atoms with Gasteiger partial charge in [-0.1, -0.05) is 11.6 Å². The zero-order chi connectivity index (χ0) is 23.5. The number of alkyl halides is 3. The number of non-ortho nitro benzene ring substituents is 1. The van der Waals surface area contributed by atoms with Gasteiger partial charge in [0.2, 0.25) is 5.91 Å². The summed E-state index contributed by atoms with van der Waals surface area (Å²) < 4.78 is 40.7. The van der Waals surface area contributed by atoms with Crippen LogP contribution in [0.2, 0.25) is 5.02 Å². The number of rotatable bonds is 7. The number of carbonyl (C=O) groups excluding carboxylic acids is 1. The van der Waals surface area contributed by atoms with Crippen LogP contribution in [0.15, 0.2) is 49.1 Å². The maximum atomic E-state index is 13.1. The summed E-state index contributed by atoms with van der Waals surface area (Å²) in [4.78, 5) is 28.2. The second kappa shape index (κ2) is 9.32. The van der Waals surface area contributed by atoms with E-state index in [1.807, 2.05) is 0 Å². The number of benzene rings is 2. The number of likely N-dealkylation sites (N-methyl/N-ethyl adjacent to an activating group) is 1. The van der Waals surface area contributed by atoms with E-state index in [1.165, 1.54) is 46.5 Å². The van der Waals surface area contributed by atoms with E-state index in [9.17, 15) is 28.1 Å². The van der Waals surface area contributed by atoms with Crippen molar-refractivity contribution in [1.29, 1.82) is 0 Å². The molecule has 0 aliphatic carbocycles. The number of anilines is 1. The second-order valence-electron chi connectivity index (χ2n) is 6.82. The minimum atomic E-state index is -4.60. The van der Waals surface area contributed by atoms with Gasteiger partial charge in [-0.25, -0.2) is 9.67 Å². The molecule has 1 N–H and O–H groups in total. The molecule has 3 rings (SSSR count). The summed E-state index contributed by atoms with van der Waals surface area (Å²) in [5.41, 5.74) is -0.555. The zero-order valence-corrected chi connectivity index (χ0v) is 17.3. The van der Waals surface area contributed by atoms with Crippen molar-refractivity contribution in [3.05, 3.63) is 75.3 Å². The minimum absolute atomic E-state index is 0.0999. The van der Waals surface area contributed by atoms with Crippen LogP contribution in [0.5, 0.6) is 0 Å². The molecule has 0 spiro atoms. The Morgan fingerprint density at radius 1 is 1.28 bits per heavy atom. The fourth-order valence-electron chi connectivity index (χ4n) is 2.92. The van der Waals surface area contributed by atoms with Crippen LogP contribution in [0, 0.1) is 10.1 Å². The molecule has 3 aromatic rings. The van der Waals surface area contributed by atoms with Crippen LogP contribution in [0.4, 0.5) is 24.5 Å². The molecule has 1 aromatic heterocycles. The van der Waals surface area contributed by atoms with Crippen LogP contribution in [0.25, 0.3) is 5.69 Å². The first-order valence-electron chi connectivity index (χ1n) is 9.02. The van der Waals surface area contributed by atoms with Gasteiger partial charge in [0.05, 0.1) is 28.4 Å². The SMILES string of the molecule is CN(CC(=O)Nc1cc(C(F)(F)F)ccc1-n1cncn1)Cc1cc([N+](=O)[O-])ccc1Cl. The number of carbonyl (C=O) groups is 1. The molecule has 0 aliphatic rings. The maximum Gasteiger partial charge on any atom is 0.416 e. The number of nitro benzene ring substituents is 1. The molecule has 1 heterocycles. The first-order chi connectivity index (χ1) is 15.0. The van der Waals surface area contributed by atoms with Crippen molar-refractivity contribution in [2.24, 2.45) is 0 Å². The third kappa shape index (κ3) is 5.59. The molecule has 0 radical (unpaired) electrons. The van der Waals surface area contributed by atoms with Crippen molar-refractivity contribution in [2.45, 2.75) is 12.7 Å². The summed E-state index contributed by atoms with van der Waals surface area (Å²) in [6.45, 7) is -0.113. The molecule has 0 aliphatic heterocycles. The van der Waals surface area contributed by atoms with Crippen molar-refractivity contribution >= 4 is 28.9 Å². The predicted molar refractivity (Wildman–Crippen MR) is 109 cm³/mol. The van der Waals surface area contributed by atoms with E-state index in [2.05, 4.69) is 15.4 Å². The summed E-state index contributed by atoms with van der Waals surface area (Å²) in [6.07, 6.45) is -2.11. The van der Waals surface area contributed by atoms with E-state index in [4.69, 9.17) is 11.6 Å². The van der Waals surface area contributed by atoms with E-state index in [-0.39, 0.29) is 35.2 Å². The summed E-state index contributed by atoms with van der Waals surface area (Å²) in [5, 5.41) is 17.6. The monoisotopic (exact) mass is 468 g/mol. The molecular formula is C19H16ClF3N6O3. The van der Waals surface area contributed by atoms with Crippen LogP contribution < -0.4 is 5.32 Å². The number of hydrogen-bond donors (Lipinski definition) is 1. The summed E-state index contributed by atoms with van der Waals surface area (Å²) in [5.74, 6) is -0.602. The van der Waals surface area contributed by atoms with E-state index >= 15 is 0 Å². The Labute approximate surface area is 184 Å². The quantitative estimate of drug-likeness (QED) is 0.416. The van der Waals surface area contributed by atoms with Gasteiger partial charge in [-0.2, -0.15) is 18.3 Å². The number of nitrogens with one attached hydrogen (secondary N) is 1. The first kappa shape index (κ1) is 23.2. The molecule has 13 heteroatoms. The third-order valence-corrected chi connectivity index (χ3v) is 4.73. The number of hydrogen-bond acceptors (Lipinski definition) is 6. The molecule has 168 valence electrons. The fraction of sp³-hybridized carbons (Fsp3) is 0.211. The van der Waals surface area contributed by atoms with Crippen LogP contribution >= 0.6 is 11.6 Å². The maximum absolute atomic E-state index is 13.1. The summed E-state index contributed by atoms with van der Waals surface area (Å²) >= 11 is 6.08. The molecule has 0 saturated heterocycles. The van der Waals surface area contributed by atoms with Crippen LogP contribution in [0.3, 0.4) is 0 Å². The Bertz CT molecular complexity index is 1140. The predicted octanol–water partition coefficient (Wildman–Crippen LogP) is 3.92. The van der Waals surface area contributed by atoms with Gasteiger partial charge in [-0.15, -0.1) is 0 Å². The van der Waals surface area contributed by atoms with Crippen molar-refractivity contribution in [2.75, 3.05) is 18.9 Å². The molecule has 0 bridgehead atoms. The molecule has 0 saturated carbocycles. The lowest BCUT2D eigenvalue weighted by Crippen LogP contribution is -2.30. The molecule has 0 unspecified atom stereocenters. The van der Waals surface area contributed by atoms with Crippen molar-refractivity contribution < 1.29 is 22.9 Å². The lowest BCUT2D eigenvalue weighted by atomic mass is 10.1. The highest BCUT2D eigenvalue weighted by Gasteiger charge is 2.31. The van der Waals surface area contributed by atoms with Gasteiger partial charge in [0.1, 0.15) is 12.7 Å². The molecule has 0 atom stereocenters. The lowest BCUT2D eigenvalue weighted by Gasteiger charge is -2.18. The smallest absolute Gasteiger partial charge is 0.323 e. The van der Waals surface area contributed by atoms with E-state index in [0.717, 1.165) is 12.1 Å².